The van der Waals surface area contributed by atoms with Gasteiger partial charge in [-0.05, 0) is 24.6 Å². The van der Waals surface area contributed by atoms with E-state index in [4.69, 9.17) is 10.5 Å². The molecule has 0 fully saturated rings. The molecule has 31 heavy (non-hydrogen) atoms. The van der Waals surface area contributed by atoms with Gasteiger partial charge in [0.25, 0.3) is 5.91 Å². The summed E-state index contributed by atoms with van der Waals surface area (Å²) in [5, 5.41) is 2.89. The third-order valence-electron chi connectivity index (χ3n) is 4.63. The van der Waals surface area contributed by atoms with Gasteiger partial charge in [0, 0.05) is 18.1 Å². The van der Waals surface area contributed by atoms with Gasteiger partial charge in [0.05, 0.1) is 18.5 Å². The molecule has 11 heteroatoms. The minimum absolute atomic E-state index is 0.0395. The summed E-state index contributed by atoms with van der Waals surface area (Å²) in [6.07, 6.45) is 6.23. The van der Waals surface area contributed by atoms with Crippen LogP contribution in [0.4, 0.5) is 8.78 Å². The Hall–Kier alpha value is -2.79. The van der Waals surface area contributed by atoms with Crippen LogP contribution in [0.25, 0.3) is 0 Å². The number of nitrogens with one attached hydrogen (secondary N) is 1. The van der Waals surface area contributed by atoms with Gasteiger partial charge in [-0.3, -0.25) is 4.79 Å². The van der Waals surface area contributed by atoms with E-state index in [1.165, 1.54) is 37.1 Å². The monoisotopic (exact) mass is 453 g/mol. The van der Waals surface area contributed by atoms with Crippen molar-refractivity contribution in [2.24, 2.45) is 10.7 Å². The van der Waals surface area contributed by atoms with Crippen molar-refractivity contribution in [2.45, 2.75) is 30.7 Å². The molecule has 3 atom stereocenters. The lowest BCUT2D eigenvalue weighted by Gasteiger charge is -2.41. The van der Waals surface area contributed by atoms with Crippen molar-refractivity contribution in [2.75, 3.05) is 20.6 Å². The summed E-state index contributed by atoms with van der Waals surface area (Å²) in [6, 6.07) is 0. The average molecular weight is 454 g/mol. The van der Waals surface area contributed by atoms with Crippen LogP contribution in [0.1, 0.15) is 24.3 Å². The highest BCUT2D eigenvalue weighted by atomic mass is 32.2. The fourth-order valence-corrected chi connectivity index (χ4v) is 4.35. The second-order valence-corrected chi connectivity index (χ2v) is 8.08. The van der Waals surface area contributed by atoms with E-state index >= 15 is 0 Å². The van der Waals surface area contributed by atoms with E-state index in [0.717, 1.165) is 12.4 Å². The topological polar surface area (TPSA) is 112 Å². The Morgan fingerprint density at radius 3 is 2.71 bits per heavy atom. The second-order valence-electron chi connectivity index (χ2n) is 6.69. The van der Waals surface area contributed by atoms with Crippen LogP contribution in [0, 0.1) is 0 Å². The second kappa shape index (κ2) is 11.0. The van der Waals surface area contributed by atoms with Gasteiger partial charge in [0.1, 0.15) is 17.9 Å². The Balaban J connectivity index is 2.34. The van der Waals surface area contributed by atoms with Crippen molar-refractivity contribution in [1.82, 2.24) is 15.3 Å². The van der Waals surface area contributed by atoms with Crippen LogP contribution in [-0.4, -0.2) is 58.6 Å². The lowest BCUT2D eigenvalue weighted by Crippen LogP contribution is -2.51. The summed E-state index contributed by atoms with van der Waals surface area (Å²) < 4.78 is 36.5. The van der Waals surface area contributed by atoms with E-state index in [-0.39, 0.29) is 28.1 Å². The Morgan fingerprint density at radius 1 is 1.42 bits per heavy atom. The molecule has 3 N–H and O–H groups in total. The Labute approximate surface area is 183 Å². The number of rotatable bonds is 9. The van der Waals surface area contributed by atoms with Gasteiger partial charge in [-0.15, -0.1) is 0 Å². The molecule has 0 saturated carbocycles. The standard InChI is InChI=1S/C20H25F2N5O3S/c1-5-6-14(26-18(28)15-9-25-16(10-24-15)30-11-22)7-13(8-21)20(3)17(29-4)12(2)31-19(23)27-20/h5-7,9-10,12,17H,1,8,11H2,2-4H3,(H2,23,27)(H,26,28)/b13-7+,14-6+/t12-,17+,20-/m1/s1. The Kier molecular flexibility index (Phi) is 8.69. The zero-order valence-electron chi connectivity index (χ0n) is 17.5. The molecule has 1 aromatic heterocycles. The molecule has 0 unspecified atom stereocenters. The van der Waals surface area contributed by atoms with E-state index < -0.39 is 31.1 Å². The van der Waals surface area contributed by atoms with E-state index in [1.807, 2.05) is 6.92 Å². The zero-order chi connectivity index (χ0) is 23.0. The van der Waals surface area contributed by atoms with Gasteiger partial charge in [-0.1, -0.05) is 31.3 Å². The Bertz CT molecular complexity index is 891. The lowest BCUT2D eigenvalue weighted by atomic mass is 9.84. The minimum atomic E-state index is -1.08. The van der Waals surface area contributed by atoms with Crippen LogP contribution in [0.3, 0.4) is 0 Å². The number of carbonyl (C=O) groups excluding carboxylic acids is 1. The molecule has 0 spiro atoms. The maximum atomic E-state index is 14.2. The highest BCUT2D eigenvalue weighted by molar-refractivity contribution is 8.14. The third kappa shape index (κ3) is 5.88. The molecule has 1 aliphatic rings. The highest BCUT2D eigenvalue weighted by Crippen LogP contribution is 2.38. The molecule has 1 amide bonds. The number of methoxy groups -OCH3 is 1. The number of allylic oxidation sites excluding steroid dienone is 3. The summed E-state index contributed by atoms with van der Waals surface area (Å²) in [6.45, 7) is 5.38. The van der Waals surface area contributed by atoms with Crippen molar-refractivity contribution < 1.29 is 23.0 Å². The first kappa shape index (κ1) is 24.5. The number of aliphatic imine (C=N–C) groups is 1. The van der Waals surface area contributed by atoms with Gasteiger partial charge in [0.2, 0.25) is 12.7 Å². The summed E-state index contributed by atoms with van der Waals surface area (Å²) in [4.78, 5) is 24.7. The SMILES string of the molecule is C=C/C=C(\C=C(/CF)[C@@]1(C)N=C(N)S[C@H](C)[C@@H]1OC)NC(=O)c1cnc(OCF)cn1. The van der Waals surface area contributed by atoms with Crippen LogP contribution in [0.5, 0.6) is 5.88 Å². The lowest BCUT2D eigenvalue weighted by molar-refractivity contribution is 0.0554. The number of nitrogens with two attached hydrogens (primary N) is 1. The van der Waals surface area contributed by atoms with Crippen LogP contribution in [0.2, 0.25) is 0 Å². The van der Waals surface area contributed by atoms with Crippen LogP contribution < -0.4 is 15.8 Å². The van der Waals surface area contributed by atoms with Crippen LogP contribution in [-0.2, 0) is 4.74 Å². The van der Waals surface area contributed by atoms with E-state index in [1.54, 1.807) is 6.92 Å². The number of aromatic nitrogens is 2. The first-order valence-electron chi connectivity index (χ1n) is 9.25. The van der Waals surface area contributed by atoms with E-state index in [0.29, 0.717) is 5.17 Å². The number of amides is 1. The smallest absolute Gasteiger partial charge is 0.275 e. The van der Waals surface area contributed by atoms with Gasteiger partial charge in [-0.2, -0.15) is 0 Å². The maximum Gasteiger partial charge on any atom is 0.275 e. The molecular formula is C20H25F2N5O3S. The number of ether oxygens (including phenoxy) is 2. The molecule has 0 aliphatic carbocycles. The molecule has 0 saturated heterocycles. The van der Waals surface area contributed by atoms with Crippen molar-refractivity contribution in [3.05, 3.63) is 54.2 Å². The summed E-state index contributed by atoms with van der Waals surface area (Å²) >= 11 is 1.35. The van der Waals surface area contributed by atoms with Gasteiger partial charge >= 0.3 is 0 Å². The van der Waals surface area contributed by atoms with Crippen molar-refractivity contribution in [1.29, 1.82) is 0 Å². The predicted molar refractivity (Wildman–Crippen MR) is 116 cm³/mol. The predicted octanol–water partition coefficient (Wildman–Crippen LogP) is 2.70. The van der Waals surface area contributed by atoms with Crippen molar-refractivity contribution in [3.8, 4) is 5.88 Å². The van der Waals surface area contributed by atoms with Gasteiger partial charge < -0.3 is 20.5 Å². The molecule has 1 aliphatic heterocycles. The molecule has 2 rings (SSSR count). The average Bonchev–Trinajstić information content (AvgIpc) is 2.72. The normalized spacial score (nSPS) is 24.4. The molecule has 8 nitrogen and oxygen atoms in total. The minimum Gasteiger partial charge on any atom is -0.445 e. The number of nitrogens with zero attached hydrogens (tertiary/aromatic N) is 3. The molecule has 0 radical (unpaired) electrons. The fraction of sp³-hybridized carbons (Fsp3) is 0.400. The number of amidine groups is 1. The molecular weight excluding hydrogens is 428 g/mol. The summed E-state index contributed by atoms with van der Waals surface area (Å²) in [7, 11) is 1.53. The number of alkyl halides is 2. The molecule has 0 bridgehead atoms. The fourth-order valence-electron chi connectivity index (χ4n) is 3.22. The number of thioether (sulfide) groups is 1. The van der Waals surface area contributed by atoms with Gasteiger partial charge in [0.15, 0.2) is 5.17 Å². The highest BCUT2D eigenvalue weighted by Gasteiger charge is 2.45. The number of halogens is 2. The zero-order valence-corrected chi connectivity index (χ0v) is 18.3. The van der Waals surface area contributed by atoms with Crippen LogP contribution in [0.15, 0.2) is 53.5 Å². The van der Waals surface area contributed by atoms with E-state index in [9.17, 15) is 13.6 Å². The third-order valence-corrected chi connectivity index (χ3v) is 5.58. The van der Waals surface area contributed by atoms with Crippen LogP contribution >= 0.6 is 11.8 Å². The largest absolute Gasteiger partial charge is 0.445 e. The summed E-state index contributed by atoms with van der Waals surface area (Å²) in [5.41, 5.74) is 5.36. The van der Waals surface area contributed by atoms with Gasteiger partial charge in [-0.25, -0.2) is 23.7 Å². The molecule has 1 aromatic rings. The van der Waals surface area contributed by atoms with E-state index in [2.05, 4.69) is 31.6 Å². The maximum absolute atomic E-state index is 14.2. The molecule has 0 aromatic carbocycles. The first-order chi connectivity index (χ1) is 14.8. The first-order valence-corrected chi connectivity index (χ1v) is 10.1. The molecule has 168 valence electrons. The quantitative estimate of drug-likeness (QED) is 0.553. The number of carbonyl (C=O) groups is 1. The number of hydrogen-bond donors (Lipinski definition) is 2. The Morgan fingerprint density at radius 2 is 2.16 bits per heavy atom. The number of hydrogen-bond acceptors (Lipinski definition) is 8. The summed E-state index contributed by atoms with van der Waals surface area (Å²) in [5.74, 6) is -0.662. The van der Waals surface area contributed by atoms with Crippen molar-refractivity contribution in [3.63, 3.8) is 0 Å². The van der Waals surface area contributed by atoms with Crippen molar-refractivity contribution >= 4 is 22.8 Å². The molecule has 2 heterocycles.